The quantitative estimate of drug-likeness (QED) is 0.854. The molecule has 1 fully saturated rings. The third-order valence-electron chi connectivity index (χ3n) is 4.20. The van der Waals surface area contributed by atoms with Gasteiger partial charge in [0.05, 0.1) is 30.0 Å². The summed E-state index contributed by atoms with van der Waals surface area (Å²) in [5.74, 6) is 0.115. The molecule has 108 valence electrons. The van der Waals surface area contributed by atoms with Gasteiger partial charge in [0.2, 0.25) is 0 Å². The Kier molecular flexibility index (Phi) is 3.42. The molecule has 0 aromatic heterocycles. The predicted octanol–water partition coefficient (Wildman–Crippen LogP) is 2.30. The van der Waals surface area contributed by atoms with Crippen LogP contribution < -0.4 is 5.32 Å². The summed E-state index contributed by atoms with van der Waals surface area (Å²) in [6.07, 6.45) is 2.18. The molecule has 0 atom stereocenters. The highest BCUT2D eigenvalue weighted by molar-refractivity contribution is 6.01. The Balaban J connectivity index is 1.94. The second-order valence-electron chi connectivity index (χ2n) is 6.19. The third-order valence-corrected chi connectivity index (χ3v) is 4.20. The summed E-state index contributed by atoms with van der Waals surface area (Å²) in [4.78, 5) is 14.9. The van der Waals surface area contributed by atoms with Crippen LogP contribution in [0, 0.1) is 0 Å². The number of nitrogens with one attached hydrogen (secondary N) is 1. The molecule has 0 bridgehead atoms. The smallest absolute Gasteiger partial charge is 0.256 e. The number of hydrogen-bond donors (Lipinski definition) is 1. The molecular weight excluding hydrogens is 252 g/mol. The van der Waals surface area contributed by atoms with Gasteiger partial charge in [-0.1, -0.05) is 12.1 Å². The van der Waals surface area contributed by atoms with E-state index in [9.17, 15) is 4.79 Å². The van der Waals surface area contributed by atoms with Crippen LogP contribution in [0.25, 0.3) is 0 Å². The lowest BCUT2D eigenvalue weighted by Gasteiger charge is -2.42. The van der Waals surface area contributed by atoms with Gasteiger partial charge in [0, 0.05) is 13.1 Å². The van der Waals surface area contributed by atoms with Crippen LogP contribution in [-0.2, 0) is 11.2 Å². The monoisotopic (exact) mass is 274 g/mol. The van der Waals surface area contributed by atoms with Gasteiger partial charge in [0.15, 0.2) is 0 Å². The van der Waals surface area contributed by atoms with E-state index in [4.69, 9.17) is 4.74 Å². The van der Waals surface area contributed by atoms with E-state index in [1.165, 1.54) is 5.56 Å². The Morgan fingerprint density at radius 2 is 2.25 bits per heavy atom. The number of ether oxygens (including phenoxy) is 1. The average Bonchev–Trinajstić information content (AvgIpc) is 2.45. The van der Waals surface area contributed by atoms with E-state index in [2.05, 4.69) is 25.2 Å². The van der Waals surface area contributed by atoms with Crippen LogP contribution in [0.3, 0.4) is 0 Å². The molecule has 1 aromatic carbocycles. The molecule has 3 rings (SSSR count). The first-order valence-electron chi connectivity index (χ1n) is 7.35. The maximum absolute atomic E-state index is 12.9. The number of nitrogens with zero attached hydrogens (tertiary/aromatic N) is 1. The highest BCUT2D eigenvalue weighted by atomic mass is 16.5. The first-order chi connectivity index (χ1) is 9.59. The van der Waals surface area contributed by atoms with Gasteiger partial charge >= 0.3 is 0 Å². The number of carbonyl (C=O) groups excluding carboxylic acids is 1. The molecule has 2 heterocycles. The summed E-state index contributed by atoms with van der Waals surface area (Å²) in [6.45, 7) is 6.96. The van der Waals surface area contributed by atoms with Crippen LogP contribution in [0.2, 0.25) is 0 Å². The van der Waals surface area contributed by atoms with Gasteiger partial charge in [0.25, 0.3) is 5.91 Å². The lowest BCUT2D eigenvalue weighted by Crippen LogP contribution is -2.55. The zero-order chi connectivity index (χ0) is 14.2. The van der Waals surface area contributed by atoms with Gasteiger partial charge < -0.3 is 15.0 Å². The molecule has 2 aliphatic heterocycles. The maximum atomic E-state index is 12.9. The van der Waals surface area contributed by atoms with Crippen LogP contribution in [0.15, 0.2) is 18.2 Å². The van der Waals surface area contributed by atoms with E-state index in [1.807, 2.05) is 17.0 Å². The summed E-state index contributed by atoms with van der Waals surface area (Å²) in [5.41, 5.74) is 2.85. The normalized spacial score (nSPS) is 21.0. The van der Waals surface area contributed by atoms with Crippen molar-refractivity contribution in [2.45, 2.75) is 32.2 Å². The molecule has 0 unspecified atom stereocenters. The number of fused-ring (bicyclic) bond motifs is 1. The minimum absolute atomic E-state index is 0.115. The summed E-state index contributed by atoms with van der Waals surface area (Å²) in [7, 11) is 0. The lowest BCUT2D eigenvalue weighted by molar-refractivity contribution is -0.0370. The number of benzene rings is 1. The highest BCUT2D eigenvalue weighted by Gasteiger charge is 2.35. The van der Waals surface area contributed by atoms with Crippen LogP contribution in [0.1, 0.15) is 36.2 Å². The van der Waals surface area contributed by atoms with Crippen molar-refractivity contribution in [2.24, 2.45) is 0 Å². The number of morpholine rings is 1. The molecule has 1 aromatic rings. The number of aryl methyl sites for hydroxylation is 1. The zero-order valence-corrected chi connectivity index (χ0v) is 12.2. The molecule has 0 saturated carbocycles. The molecule has 0 aliphatic carbocycles. The highest BCUT2D eigenvalue weighted by Crippen LogP contribution is 2.29. The van der Waals surface area contributed by atoms with E-state index < -0.39 is 0 Å². The first kappa shape index (κ1) is 13.4. The largest absolute Gasteiger partial charge is 0.384 e. The van der Waals surface area contributed by atoms with E-state index in [0.29, 0.717) is 19.8 Å². The minimum atomic E-state index is -0.243. The molecule has 20 heavy (non-hydrogen) atoms. The van der Waals surface area contributed by atoms with Gasteiger partial charge in [-0.3, -0.25) is 4.79 Å². The standard InChI is InChI=1S/C16H22N2O2/c1-16(2)11-20-10-9-18(16)15(19)13-7-3-5-12-6-4-8-17-14(12)13/h3,5,7,17H,4,6,8-11H2,1-2H3. The SMILES string of the molecule is CC1(C)COCCN1C(=O)c1cccc2c1NCCC2. The van der Waals surface area contributed by atoms with Crippen molar-refractivity contribution in [1.82, 2.24) is 4.90 Å². The Morgan fingerprint density at radius 1 is 1.40 bits per heavy atom. The van der Waals surface area contributed by atoms with Gasteiger partial charge in [-0.25, -0.2) is 0 Å². The molecule has 4 heteroatoms. The Labute approximate surface area is 120 Å². The minimum Gasteiger partial charge on any atom is -0.384 e. The average molecular weight is 274 g/mol. The molecule has 0 radical (unpaired) electrons. The van der Waals surface area contributed by atoms with Crippen molar-refractivity contribution in [3.8, 4) is 0 Å². The second kappa shape index (κ2) is 5.09. The Hall–Kier alpha value is -1.55. The summed E-state index contributed by atoms with van der Waals surface area (Å²) >= 11 is 0. The lowest BCUT2D eigenvalue weighted by atomic mass is 9.96. The fourth-order valence-corrected chi connectivity index (χ4v) is 3.07. The molecular formula is C16H22N2O2. The number of amides is 1. The van der Waals surface area contributed by atoms with E-state index in [-0.39, 0.29) is 11.4 Å². The number of hydrogen-bond acceptors (Lipinski definition) is 3. The van der Waals surface area contributed by atoms with Crippen LogP contribution in [0.4, 0.5) is 5.69 Å². The van der Waals surface area contributed by atoms with E-state index >= 15 is 0 Å². The van der Waals surface area contributed by atoms with Crippen LogP contribution >= 0.6 is 0 Å². The van der Waals surface area contributed by atoms with Crippen molar-refractivity contribution in [3.05, 3.63) is 29.3 Å². The molecule has 4 nitrogen and oxygen atoms in total. The fourth-order valence-electron chi connectivity index (χ4n) is 3.07. The molecule has 1 amide bonds. The maximum Gasteiger partial charge on any atom is 0.256 e. The zero-order valence-electron chi connectivity index (χ0n) is 12.2. The van der Waals surface area contributed by atoms with Gasteiger partial charge in [-0.2, -0.15) is 0 Å². The van der Waals surface area contributed by atoms with Gasteiger partial charge in [-0.15, -0.1) is 0 Å². The van der Waals surface area contributed by atoms with Crippen LogP contribution in [-0.4, -0.2) is 42.6 Å². The summed E-state index contributed by atoms with van der Waals surface area (Å²) < 4.78 is 5.50. The fraction of sp³-hybridized carbons (Fsp3) is 0.562. The van der Waals surface area contributed by atoms with Crippen molar-refractivity contribution < 1.29 is 9.53 Å². The van der Waals surface area contributed by atoms with E-state index in [0.717, 1.165) is 30.6 Å². The number of anilines is 1. The first-order valence-corrected chi connectivity index (χ1v) is 7.35. The summed E-state index contributed by atoms with van der Waals surface area (Å²) in [5, 5.41) is 3.40. The van der Waals surface area contributed by atoms with Crippen molar-refractivity contribution >= 4 is 11.6 Å². The molecule has 1 saturated heterocycles. The third kappa shape index (κ3) is 2.29. The molecule has 0 spiro atoms. The topological polar surface area (TPSA) is 41.6 Å². The van der Waals surface area contributed by atoms with Gasteiger partial charge in [-0.05, 0) is 38.3 Å². The van der Waals surface area contributed by atoms with Crippen molar-refractivity contribution in [2.75, 3.05) is 31.6 Å². The number of rotatable bonds is 1. The van der Waals surface area contributed by atoms with Gasteiger partial charge in [0.1, 0.15) is 0 Å². The van der Waals surface area contributed by atoms with Crippen molar-refractivity contribution in [3.63, 3.8) is 0 Å². The Bertz CT molecular complexity index is 525. The molecule has 1 N–H and O–H groups in total. The number of para-hydroxylation sites is 1. The van der Waals surface area contributed by atoms with E-state index in [1.54, 1.807) is 0 Å². The van der Waals surface area contributed by atoms with Crippen molar-refractivity contribution in [1.29, 1.82) is 0 Å². The second-order valence-corrected chi connectivity index (χ2v) is 6.19. The predicted molar refractivity (Wildman–Crippen MR) is 79.2 cm³/mol. The summed E-state index contributed by atoms with van der Waals surface area (Å²) in [6, 6.07) is 6.04. The number of carbonyl (C=O) groups is 1. The molecule has 2 aliphatic rings. The Morgan fingerprint density at radius 3 is 3.05 bits per heavy atom. The van der Waals surface area contributed by atoms with Crippen LogP contribution in [0.5, 0.6) is 0 Å².